The Morgan fingerprint density at radius 3 is 2.23 bits per heavy atom. The molecule has 2 saturated heterocycles. The Balaban J connectivity index is 1.69. The highest BCUT2D eigenvalue weighted by Gasteiger charge is 2.15. The van der Waals surface area contributed by atoms with Crippen molar-refractivity contribution >= 4 is 0 Å². The molecular weight excluding hydrogens is 166 g/mol. The molecule has 0 amide bonds. The van der Waals surface area contributed by atoms with Crippen molar-refractivity contribution in [2.45, 2.75) is 0 Å². The largest absolute Gasteiger partial charge is 0.379 e. The summed E-state index contributed by atoms with van der Waals surface area (Å²) in [6.07, 6.45) is 0. The summed E-state index contributed by atoms with van der Waals surface area (Å²) in [6.45, 7) is 9.82. The molecule has 76 valence electrons. The van der Waals surface area contributed by atoms with Crippen LogP contribution in [0.15, 0.2) is 0 Å². The zero-order valence-electron chi connectivity index (χ0n) is 8.17. The van der Waals surface area contributed by atoms with Crippen molar-refractivity contribution < 1.29 is 4.74 Å². The monoisotopic (exact) mass is 185 g/mol. The lowest BCUT2D eigenvalue weighted by atomic mass is 10.4. The average molecular weight is 185 g/mol. The number of rotatable bonds is 2. The minimum atomic E-state index is 0.909. The van der Waals surface area contributed by atoms with Crippen LogP contribution in [0.2, 0.25) is 0 Å². The molecule has 4 heteroatoms. The first kappa shape index (κ1) is 9.40. The van der Waals surface area contributed by atoms with Gasteiger partial charge in [-0.05, 0) is 0 Å². The van der Waals surface area contributed by atoms with Crippen molar-refractivity contribution in [3.63, 3.8) is 0 Å². The van der Waals surface area contributed by atoms with Gasteiger partial charge in [-0.2, -0.15) is 0 Å². The maximum atomic E-state index is 5.32. The normalized spacial score (nSPS) is 27.7. The van der Waals surface area contributed by atoms with E-state index in [-0.39, 0.29) is 0 Å². The predicted octanol–water partition coefficient (Wildman–Crippen LogP) is -0.819. The van der Waals surface area contributed by atoms with E-state index in [1.54, 1.807) is 0 Å². The second-order valence-corrected chi connectivity index (χ2v) is 3.74. The molecule has 0 atom stereocenters. The Morgan fingerprint density at radius 1 is 0.923 bits per heavy atom. The summed E-state index contributed by atoms with van der Waals surface area (Å²) < 4.78 is 5.32. The number of ether oxygens (including phenoxy) is 1. The van der Waals surface area contributed by atoms with Gasteiger partial charge in [-0.25, -0.2) is 0 Å². The summed E-state index contributed by atoms with van der Waals surface area (Å²) in [4.78, 5) is 5.00. The molecular formula is C9H19N3O. The first-order valence-electron chi connectivity index (χ1n) is 5.18. The highest BCUT2D eigenvalue weighted by molar-refractivity contribution is 4.69. The van der Waals surface area contributed by atoms with E-state index in [9.17, 15) is 0 Å². The third-order valence-corrected chi connectivity index (χ3v) is 2.71. The van der Waals surface area contributed by atoms with Gasteiger partial charge in [0, 0.05) is 39.3 Å². The maximum Gasteiger partial charge on any atom is 0.0594 e. The lowest BCUT2D eigenvalue weighted by molar-refractivity contribution is 0.00766. The van der Waals surface area contributed by atoms with Crippen LogP contribution >= 0.6 is 0 Å². The molecule has 13 heavy (non-hydrogen) atoms. The molecule has 2 fully saturated rings. The van der Waals surface area contributed by atoms with Crippen molar-refractivity contribution in [1.29, 1.82) is 0 Å². The van der Waals surface area contributed by atoms with Crippen LogP contribution in [0.25, 0.3) is 0 Å². The molecule has 0 radical (unpaired) electrons. The lowest BCUT2D eigenvalue weighted by Crippen LogP contribution is -2.50. The Morgan fingerprint density at radius 2 is 1.54 bits per heavy atom. The van der Waals surface area contributed by atoms with E-state index in [1.165, 1.54) is 13.1 Å². The van der Waals surface area contributed by atoms with Gasteiger partial charge in [-0.3, -0.25) is 9.80 Å². The Labute approximate surface area is 79.8 Å². The molecule has 0 aliphatic carbocycles. The maximum absolute atomic E-state index is 5.32. The quantitative estimate of drug-likeness (QED) is 0.608. The summed E-state index contributed by atoms with van der Waals surface area (Å²) in [5.74, 6) is 0. The molecule has 0 saturated carbocycles. The molecule has 4 nitrogen and oxygen atoms in total. The number of hydrogen-bond acceptors (Lipinski definition) is 4. The molecule has 2 aliphatic heterocycles. The summed E-state index contributed by atoms with van der Waals surface area (Å²) >= 11 is 0. The fourth-order valence-corrected chi connectivity index (χ4v) is 1.88. The highest BCUT2D eigenvalue weighted by atomic mass is 16.5. The Kier molecular flexibility index (Phi) is 3.55. The van der Waals surface area contributed by atoms with Gasteiger partial charge in [-0.1, -0.05) is 0 Å². The summed E-state index contributed by atoms with van der Waals surface area (Å²) in [6, 6.07) is 0. The van der Waals surface area contributed by atoms with Crippen molar-refractivity contribution in [3.05, 3.63) is 0 Å². The van der Waals surface area contributed by atoms with Crippen LogP contribution < -0.4 is 5.32 Å². The van der Waals surface area contributed by atoms with Crippen molar-refractivity contribution in [2.75, 3.05) is 59.2 Å². The molecule has 2 heterocycles. The number of morpholine rings is 1. The van der Waals surface area contributed by atoms with Crippen LogP contribution in [0.3, 0.4) is 0 Å². The van der Waals surface area contributed by atoms with E-state index in [0.717, 1.165) is 46.1 Å². The van der Waals surface area contributed by atoms with Crippen LogP contribution in [0.1, 0.15) is 0 Å². The third kappa shape index (κ3) is 2.91. The predicted molar refractivity (Wildman–Crippen MR) is 51.7 cm³/mol. The standard InChI is InChI=1S/C9H19N3O/c1-3-11(4-2-10-1)9-12-5-7-13-8-6-12/h10H,1-9H2. The van der Waals surface area contributed by atoms with E-state index in [0.29, 0.717) is 0 Å². The number of hydrogen-bond donors (Lipinski definition) is 1. The van der Waals surface area contributed by atoms with Gasteiger partial charge in [0.2, 0.25) is 0 Å². The van der Waals surface area contributed by atoms with Crippen LogP contribution in [0.4, 0.5) is 0 Å². The van der Waals surface area contributed by atoms with Crippen LogP contribution in [-0.4, -0.2) is 69.0 Å². The second-order valence-electron chi connectivity index (χ2n) is 3.74. The fraction of sp³-hybridized carbons (Fsp3) is 1.00. The molecule has 2 rings (SSSR count). The van der Waals surface area contributed by atoms with Crippen molar-refractivity contribution in [2.24, 2.45) is 0 Å². The number of nitrogens with zero attached hydrogens (tertiary/aromatic N) is 2. The van der Waals surface area contributed by atoms with Gasteiger partial charge in [-0.15, -0.1) is 0 Å². The topological polar surface area (TPSA) is 27.7 Å². The second kappa shape index (κ2) is 4.91. The molecule has 0 aromatic carbocycles. The van der Waals surface area contributed by atoms with Gasteiger partial charge in [0.1, 0.15) is 0 Å². The molecule has 0 bridgehead atoms. The zero-order chi connectivity index (χ0) is 8.93. The van der Waals surface area contributed by atoms with Gasteiger partial charge in [0.25, 0.3) is 0 Å². The van der Waals surface area contributed by atoms with E-state index in [2.05, 4.69) is 15.1 Å². The molecule has 0 spiro atoms. The fourth-order valence-electron chi connectivity index (χ4n) is 1.88. The van der Waals surface area contributed by atoms with Crippen molar-refractivity contribution in [3.8, 4) is 0 Å². The number of piperazine rings is 1. The van der Waals surface area contributed by atoms with Gasteiger partial charge in [0.15, 0.2) is 0 Å². The smallest absolute Gasteiger partial charge is 0.0594 e. The Bertz CT molecular complexity index is 126. The highest BCUT2D eigenvalue weighted by Crippen LogP contribution is 2.00. The van der Waals surface area contributed by atoms with E-state index in [1.807, 2.05) is 0 Å². The minimum Gasteiger partial charge on any atom is -0.379 e. The summed E-state index contributed by atoms with van der Waals surface area (Å²) in [5, 5.41) is 3.37. The van der Waals surface area contributed by atoms with Crippen LogP contribution in [0, 0.1) is 0 Å². The van der Waals surface area contributed by atoms with Gasteiger partial charge < -0.3 is 10.1 Å². The van der Waals surface area contributed by atoms with E-state index < -0.39 is 0 Å². The SMILES string of the molecule is C1CN(CN2CCOCC2)CCN1. The summed E-state index contributed by atoms with van der Waals surface area (Å²) in [5.41, 5.74) is 0. The van der Waals surface area contributed by atoms with Gasteiger partial charge in [0.05, 0.1) is 19.9 Å². The average Bonchev–Trinajstić information content (AvgIpc) is 2.21. The zero-order valence-corrected chi connectivity index (χ0v) is 8.17. The molecule has 0 aromatic rings. The van der Waals surface area contributed by atoms with E-state index >= 15 is 0 Å². The number of nitrogens with one attached hydrogen (secondary N) is 1. The third-order valence-electron chi connectivity index (χ3n) is 2.71. The first-order chi connectivity index (χ1) is 6.45. The van der Waals surface area contributed by atoms with E-state index in [4.69, 9.17) is 4.74 Å². The van der Waals surface area contributed by atoms with Crippen LogP contribution in [0.5, 0.6) is 0 Å². The first-order valence-corrected chi connectivity index (χ1v) is 5.18. The van der Waals surface area contributed by atoms with Gasteiger partial charge >= 0.3 is 0 Å². The lowest BCUT2D eigenvalue weighted by Gasteiger charge is -2.34. The Hall–Kier alpha value is -0.160. The molecule has 0 aromatic heterocycles. The molecule has 1 N–H and O–H groups in total. The molecule has 2 aliphatic rings. The van der Waals surface area contributed by atoms with Crippen molar-refractivity contribution in [1.82, 2.24) is 15.1 Å². The minimum absolute atomic E-state index is 0.909. The summed E-state index contributed by atoms with van der Waals surface area (Å²) in [7, 11) is 0. The van der Waals surface area contributed by atoms with Crippen LogP contribution in [-0.2, 0) is 4.74 Å². The molecule has 0 unspecified atom stereocenters.